The van der Waals surface area contributed by atoms with Crippen LogP contribution < -0.4 is 15.4 Å². The van der Waals surface area contributed by atoms with Gasteiger partial charge in [-0.3, -0.25) is 9.59 Å². The van der Waals surface area contributed by atoms with E-state index in [1.807, 2.05) is 12.1 Å². The van der Waals surface area contributed by atoms with Crippen LogP contribution in [0.25, 0.3) is 0 Å². The zero-order valence-corrected chi connectivity index (χ0v) is 14.4. The van der Waals surface area contributed by atoms with E-state index in [0.717, 1.165) is 22.7 Å². The summed E-state index contributed by atoms with van der Waals surface area (Å²) in [4.78, 5) is 23.4. The van der Waals surface area contributed by atoms with Gasteiger partial charge in [0, 0.05) is 29.2 Å². The van der Waals surface area contributed by atoms with Crippen molar-refractivity contribution >= 4 is 34.8 Å². The Morgan fingerprint density at radius 2 is 1.96 bits per heavy atom. The fourth-order valence-electron chi connectivity index (χ4n) is 2.64. The van der Waals surface area contributed by atoms with Crippen LogP contribution in [0.15, 0.2) is 42.5 Å². The molecule has 0 radical (unpaired) electrons. The van der Waals surface area contributed by atoms with Gasteiger partial charge in [0.25, 0.3) is 0 Å². The summed E-state index contributed by atoms with van der Waals surface area (Å²) in [7, 11) is 0. The monoisotopic (exact) mass is 358 g/mol. The number of anilines is 2. The first-order chi connectivity index (χ1) is 12.1. The molecular formula is C19H19ClN2O3. The minimum absolute atomic E-state index is 0.0324. The number of aryl methyl sites for hydroxylation is 1. The Morgan fingerprint density at radius 1 is 1.16 bits per heavy atom. The summed E-state index contributed by atoms with van der Waals surface area (Å²) in [6.45, 7) is 0.464. The summed E-state index contributed by atoms with van der Waals surface area (Å²) in [6, 6.07) is 12.7. The topological polar surface area (TPSA) is 67.4 Å². The molecule has 2 amide bonds. The standard InChI is InChI=1S/C19H19ClN2O3/c20-14-4-7-16(8-5-14)25-11-1-2-18(23)21-15-6-9-17-13(12-15)3-10-19(24)22-17/h4-9,12H,1-3,10-11H2,(H,21,23)(H,22,24). The Morgan fingerprint density at radius 3 is 2.76 bits per heavy atom. The van der Waals surface area contributed by atoms with Gasteiger partial charge in [-0.25, -0.2) is 0 Å². The summed E-state index contributed by atoms with van der Waals surface area (Å²) in [5.41, 5.74) is 2.62. The summed E-state index contributed by atoms with van der Waals surface area (Å²) in [5.74, 6) is 0.714. The Labute approximate surface area is 151 Å². The maximum atomic E-state index is 12.0. The first-order valence-corrected chi connectivity index (χ1v) is 8.59. The highest BCUT2D eigenvalue weighted by atomic mass is 35.5. The van der Waals surface area contributed by atoms with E-state index in [2.05, 4.69) is 10.6 Å². The number of benzene rings is 2. The Hall–Kier alpha value is -2.53. The van der Waals surface area contributed by atoms with Gasteiger partial charge < -0.3 is 15.4 Å². The molecule has 0 aromatic heterocycles. The van der Waals surface area contributed by atoms with Crippen molar-refractivity contribution in [1.29, 1.82) is 0 Å². The van der Waals surface area contributed by atoms with Gasteiger partial charge >= 0.3 is 0 Å². The predicted molar refractivity (Wildman–Crippen MR) is 98.2 cm³/mol. The summed E-state index contributed by atoms with van der Waals surface area (Å²) < 4.78 is 5.57. The number of carbonyl (C=O) groups is 2. The fraction of sp³-hybridized carbons (Fsp3) is 0.263. The third-order valence-electron chi connectivity index (χ3n) is 3.92. The molecule has 0 atom stereocenters. The average molecular weight is 359 g/mol. The largest absolute Gasteiger partial charge is 0.494 e. The molecule has 1 heterocycles. The van der Waals surface area contributed by atoms with Gasteiger partial charge in [0.1, 0.15) is 5.75 Å². The molecule has 0 aliphatic carbocycles. The van der Waals surface area contributed by atoms with Crippen LogP contribution in [0.5, 0.6) is 5.75 Å². The van der Waals surface area contributed by atoms with E-state index in [-0.39, 0.29) is 11.8 Å². The molecular weight excluding hydrogens is 340 g/mol. The molecule has 0 saturated heterocycles. The van der Waals surface area contributed by atoms with E-state index in [4.69, 9.17) is 16.3 Å². The van der Waals surface area contributed by atoms with E-state index in [1.54, 1.807) is 30.3 Å². The molecule has 0 saturated carbocycles. The highest BCUT2D eigenvalue weighted by molar-refractivity contribution is 6.30. The number of ether oxygens (including phenoxy) is 1. The van der Waals surface area contributed by atoms with E-state index < -0.39 is 0 Å². The second-order valence-electron chi connectivity index (χ2n) is 5.87. The van der Waals surface area contributed by atoms with Gasteiger partial charge in [-0.2, -0.15) is 0 Å². The van der Waals surface area contributed by atoms with Crippen LogP contribution in [0.2, 0.25) is 5.02 Å². The second-order valence-corrected chi connectivity index (χ2v) is 6.31. The quantitative estimate of drug-likeness (QED) is 0.766. The molecule has 0 bridgehead atoms. The van der Waals surface area contributed by atoms with Gasteiger partial charge in [-0.05, 0) is 60.9 Å². The molecule has 5 nitrogen and oxygen atoms in total. The molecule has 0 unspecified atom stereocenters. The highest BCUT2D eigenvalue weighted by Crippen LogP contribution is 2.25. The fourth-order valence-corrected chi connectivity index (χ4v) is 2.76. The SMILES string of the molecule is O=C(CCCOc1ccc(Cl)cc1)Nc1ccc2c(c1)CCC(=O)N2. The van der Waals surface area contributed by atoms with Crippen molar-refractivity contribution in [3.63, 3.8) is 0 Å². The molecule has 130 valence electrons. The van der Waals surface area contributed by atoms with Crippen LogP contribution in [0.3, 0.4) is 0 Å². The lowest BCUT2D eigenvalue weighted by Gasteiger charge is -2.17. The maximum Gasteiger partial charge on any atom is 0.224 e. The third-order valence-corrected chi connectivity index (χ3v) is 4.17. The molecule has 25 heavy (non-hydrogen) atoms. The second kappa shape index (κ2) is 8.03. The first kappa shape index (κ1) is 17.3. The lowest BCUT2D eigenvalue weighted by molar-refractivity contribution is -0.117. The van der Waals surface area contributed by atoms with Gasteiger partial charge in [-0.15, -0.1) is 0 Å². The van der Waals surface area contributed by atoms with Crippen molar-refractivity contribution in [3.8, 4) is 5.75 Å². The van der Waals surface area contributed by atoms with Crippen molar-refractivity contribution in [2.45, 2.75) is 25.7 Å². The lowest BCUT2D eigenvalue weighted by atomic mass is 10.0. The molecule has 3 rings (SSSR count). The molecule has 2 aromatic carbocycles. The first-order valence-electron chi connectivity index (χ1n) is 8.21. The van der Waals surface area contributed by atoms with Crippen LogP contribution >= 0.6 is 11.6 Å². The summed E-state index contributed by atoms with van der Waals surface area (Å²) in [6.07, 6.45) is 2.17. The molecule has 0 fully saturated rings. The number of nitrogens with one attached hydrogen (secondary N) is 2. The zero-order chi connectivity index (χ0) is 17.6. The number of fused-ring (bicyclic) bond motifs is 1. The minimum Gasteiger partial charge on any atom is -0.494 e. The number of hydrogen-bond donors (Lipinski definition) is 2. The molecule has 1 aliphatic heterocycles. The Kier molecular flexibility index (Phi) is 5.56. The van der Waals surface area contributed by atoms with Crippen LogP contribution in [-0.2, 0) is 16.0 Å². The minimum atomic E-state index is -0.0560. The van der Waals surface area contributed by atoms with Gasteiger partial charge in [-0.1, -0.05) is 11.6 Å². The number of amides is 2. The predicted octanol–water partition coefficient (Wildman–Crippen LogP) is 4.02. The maximum absolute atomic E-state index is 12.0. The van der Waals surface area contributed by atoms with Gasteiger partial charge in [0.2, 0.25) is 11.8 Å². The van der Waals surface area contributed by atoms with Crippen molar-refractivity contribution in [3.05, 3.63) is 53.1 Å². The lowest BCUT2D eigenvalue weighted by Crippen LogP contribution is -2.19. The molecule has 0 spiro atoms. The van der Waals surface area contributed by atoms with Gasteiger partial charge in [0.05, 0.1) is 6.61 Å². The van der Waals surface area contributed by atoms with E-state index in [9.17, 15) is 9.59 Å². The molecule has 2 N–H and O–H groups in total. The molecule has 6 heteroatoms. The number of halogens is 1. The van der Waals surface area contributed by atoms with Crippen molar-refractivity contribution in [2.75, 3.05) is 17.2 Å². The van der Waals surface area contributed by atoms with Gasteiger partial charge in [0.15, 0.2) is 0 Å². The zero-order valence-electron chi connectivity index (χ0n) is 13.7. The van der Waals surface area contributed by atoms with Crippen molar-refractivity contribution in [1.82, 2.24) is 0 Å². The van der Waals surface area contributed by atoms with E-state index >= 15 is 0 Å². The third kappa shape index (κ3) is 4.97. The Balaban J connectivity index is 1.43. The van der Waals surface area contributed by atoms with Crippen LogP contribution in [0.4, 0.5) is 11.4 Å². The van der Waals surface area contributed by atoms with Crippen LogP contribution in [0.1, 0.15) is 24.8 Å². The van der Waals surface area contributed by atoms with Crippen molar-refractivity contribution < 1.29 is 14.3 Å². The van der Waals surface area contributed by atoms with Crippen molar-refractivity contribution in [2.24, 2.45) is 0 Å². The smallest absolute Gasteiger partial charge is 0.224 e. The normalized spacial score (nSPS) is 12.9. The molecule has 1 aliphatic rings. The van der Waals surface area contributed by atoms with Crippen LogP contribution in [0, 0.1) is 0 Å². The number of rotatable bonds is 6. The number of carbonyl (C=O) groups excluding carboxylic acids is 2. The Bertz CT molecular complexity index is 775. The average Bonchev–Trinajstić information content (AvgIpc) is 2.60. The van der Waals surface area contributed by atoms with Crippen LogP contribution in [-0.4, -0.2) is 18.4 Å². The summed E-state index contributed by atoms with van der Waals surface area (Å²) in [5, 5.41) is 6.37. The highest BCUT2D eigenvalue weighted by Gasteiger charge is 2.15. The van der Waals surface area contributed by atoms with E-state index in [1.165, 1.54) is 0 Å². The van der Waals surface area contributed by atoms with E-state index in [0.29, 0.717) is 37.3 Å². The number of hydrogen-bond acceptors (Lipinski definition) is 3. The molecule has 2 aromatic rings. The summed E-state index contributed by atoms with van der Waals surface area (Å²) >= 11 is 5.81.